The van der Waals surface area contributed by atoms with Gasteiger partial charge >= 0.3 is 0 Å². The van der Waals surface area contributed by atoms with Crippen molar-refractivity contribution in [3.05, 3.63) is 11.9 Å². The van der Waals surface area contributed by atoms with Crippen molar-refractivity contribution in [3.8, 4) is 0 Å². The normalized spacial score (nSPS) is 23.8. The van der Waals surface area contributed by atoms with Crippen LogP contribution in [0.3, 0.4) is 0 Å². The smallest absolute Gasteiger partial charge is 0.228 e. The second-order valence-corrected chi connectivity index (χ2v) is 5.63. The Morgan fingerprint density at radius 1 is 1.53 bits per heavy atom. The maximum absolute atomic E-state index is 12.2. The van der Waals surface area contributed by atoms with E-state index >= 15 is 0 Å². The molecular weight excluding hydrogens is 264 g/mol. The molecule has 1 saturated carbocycles. The predicted molar refractivity (Wildman–Crippen MR) is 76.5 cm³/mol. The Labute approximate surface area is 119 Å². The number of aromatic nitrogens is 2. The van der Waals surface area contributed by atoms with E-state index in [0.29, 0.717) is 5.41 Å². The molecule has 1 saturated heterocycles. The zero-order chi connectivity index (χ0) is 12.8. The Bertz CT molecular complexity index is 479. The van der Waals surface area contributed by atoms with Crippen LogP contribution in [0.25, 0.3) is 0 Å². The van der Waals surface area contributed by atoms with Crippen molar-refractivity contribution in [2.75, 3.05) is 18.4 Å². The van der Waals surface area contributed by atoms with E-state index in [1.165, 1.54) is 0 Å². The van der Waals surface area contributed by atoms with Crippen LogP contribution in [-0.4, -0.2) is 28.8 Å². The molecule has 19 heavy (non-hydrogen) atoms. The van der Waals surface area contributed by atoms with Crippen LogP contribution in [0, 0.1) is 18.3 Å². The van der Waals surface area contributed by atoms with Crippen molar-refractivity contribution in [3.63, 3.8) is 0 Å². The fourth-order valence-corrected chi connectivity index (χ4v) is 3.04. The molecule has 1 aliphatic carbocycles. The second-order valence-electron chi connectivity index (χ2n) is 5.63. The minimum Gasteiger partial charge on any atom is -0.323 e. The van der Waals surface area contributed by atoms with Crippen LogP contribution in [0.1, 0.15) is 25.0 Å². The van der Waals surface area contributed by atoms with E-state index in [9.17, 15) is 4.79 Å². The fourth-order valence-electron chi connectivity index (χ4n) is 3.04. The molecule has 2 fully saturated rings. The molecular formula is C13H21ClN4O. The van der Waals surface area contributed by atoms with E-state index < -0.39 is 0 Å². The summed E-state index contributed by atoms with van der Waals surface area (Å²) in [7, 11) is 1.89. The Morgan fingerprint density at radius 2 is 2.21 bits per heavy atom. The van der Waals surface area contributed by atoms with Gasteiger partial charge in [0, 0.05) is 13.0 Å². The van der Waals surface area contributed by atoms with Gasteiger partial charge in [-0.3, -0.25) is 9.48 Å². The second kappa shape index (κ2) is 5.13. The van der Waals surface area contributed by atoms with Crippen molar-refractivity contribution < 1.29 is 4.79 Å². The summed E-state index contributed by atoms with van der Waals surface area (Å²) >= 11 is 0. The van der Waals surface area contributed by atoms with Crippen LogP contribution in [0.2, 0.25) is 0 Å². The summed E-state index contributed by atoms with van der Waals surface area (Å²) in [6.07, 6.45) is 5.05. The highest BCUT2D eigenvalue weighted by Gasteiger charge is 2.57. The van der Waals surface area contributed by atoms with Gasteiger partial charge in [0.15, 0.2) is 0 Å². The summed E-state index contributed by atoms with van der Waals surface area (Å²) in [6.45, 7) is 4.07. The molecule has 1 spiro atoms. The van der Waals surface area contributed by atoms with Crippen LogP contribution < -0.4 is 10.6 Å². The molecule has 0 bridgehead atoms. The highest BCUT2D eigenvalue weighted by molar-refractivity contribution is 5.95. The van der Waals surface area contributed by atoms with E-state index in [1.54, 1.807) is 10.9 Å². The SMILES string of the molecule is Cc1c(NC(=O)C2CC23CCNCC3)cnn1C.Cl. The number of hydrogen-bond acceptors (Lipinski definition) is 3. The number of carbonyl (C=O) groups is 1. The molecule has 1 atom stereocenters. The van der Waals surface area contributed by atoms with Crippen molar-refractivity contribution >= 4 is 24.0 Å². The third-order valence-corrected chi connectivity index (χ3v) is 4.60. The van der Waals surface area contributed by atoms with Crippen LogP contribution in [0.4, 0.5) is 5.69 Å². The predicted octanol–water partition coefficient (Wildman–Crippen LogP) is 1.48. The number of halogens is 1. The van der Waals surface area contributed by atoms with Gasteiger partial charge in [0.2, 0.25) is 5.91 Å². The maximum Gasteiger partial charge on any atom is 0.228 e. The van der Waals surface area contributed by atoms with Gasteiger partial charge in [-0.05, 0) is 44.7 Å². The lowest BCUT2D eigenvalue weighted by molar-refractivity contribution is -0.118. The zero-order valence-corrected chi connectivity index (χ0v) is 12.2. The molecule has 106 valence electrons. The number of piperidine rings is 1. The van der Waals surface area contributed by atoms with Crippen molar-refractivity contribution in [2.45, 2.75) is 26.2 Å². The lowest BCUT2D eigenvalue weighted by Crippen LogP contribution is -2.31. The number of anilines is 1. The minimum absolute atomic E-state index is 0. The van der Waals surface area contributed by atoms with Gasteiger partial charge in [-0.15, -0.1) is 12.4 Å². The molecule has 1 unspecified atom stereocenters. The Kier molecular flexibility index (Phi) is 3.87. The molecule has 3 rings (SSSR count). The molecule has 2 aliphatic rings. The number of rotatable bonds is 2. The molecule has 0 radical (unpaired) electrons. The van der Waals surface area contributed by atoms with Crippen molar-refractivity contribution in [2.24, 2.45) is 18.4 Å². The van der Waals surface area contributed by atoms with E-state index in [2.05, 4.69) is 15.7 Å². The summed E-state index contributed by atoms with van der Waals surface area (Å²) in [5, 5.41) is 10.5. The van der Waals surface area contributed by atoms with Gasteiger partial charge in [0.1, 0.15) is 0 Å². The highest BCUT2D eigenvalue weighted by atomic mass is 35.5. The van der Waals surface area contributed by atoms with Gasteiger partial charge in [-0.2, -0.15) is 5.10 Å². The molecule has 6 heteroatoms. The van der Waals surface area contributed by atoms with E-state index in [0.717, 1.165) is 43.7 Å². The molecule has 2 heterocycles. The van der Waals surface area contributed by atoms with Crippen molar-refractivity contribution in [1.82, 2.24) is 15.1 Å². The summed E-state index contributed by atoms with van der Waals surface area (Å²) in [5.41, 5.74) is 2.15. The van der Waals surface area contributed by atoms with Crippen LogP contribution in [0.5, 0.6) is 0 Å². The third-order valence-electron chi connectivity index (χ3n) is 4.60. The number of aryl methyl sites for hydroxylation is 1. The quantitative estimate of drug-likeness (QED) is 0.865. The van der Waals surface area contributed by atoms with Crippen LogP contribution >= 0.6 is 12.4 Å². The average molecular weight is 285 g/mol. The topological polar surface area (TPSA) is 59.0 Å². The largest absolute Gasteiger partial charge is 0.323 e. The van der Waals surface area contributed by atoms with Gasteiger partial charge in [-0.1, -0.05) is 0 Å². The number of hydrogen-bond donors (Lipinski definition) is 2. The van der Waals surface area contributed by atoms with Gasteiger partial charge in [-0.25, -0.2) is 0 Å². The lowest BCUT2D eigenvalue weighted by atomic mass is 9.92. The maximum atomic E-state index is 12.2. The van der Waals surface area contributed by atoms with Crippen molar-refractivity contribution in [1.29, 1.82) is 0 Å². The molecule has 5 nitrogen and oxygen atoms in total. The standard InChI is InChI=1S/C13H20N4O.ClH/c1-9-11(8-15-17(9)2)16-12(18)10-7-13(10)3-5-14-6-4-13;/h8,10,14H,3-7H2,1-2H3,(H,16,18);1H. The fraction of sp³-hybridized carbons (Fsp3) is 0.692. The third kappa shape index (κ3) is 2.49. The first-order valence-corrected chi connectivity index (χ1v) is 6.63. The Hall–Kier alpha value is -1.07. The first-order valence-electron chi connectivity index (χ1n) is 6.63. The molecule has 2 N–H and O–H groups in total. The molecule has 0 aromatic carbocycles. The number of carbonyl (C=O) groups excluding carboxylic acids is 1. The lowest BCUT2D eigenvalue weighted by Gasteiger charge is -2.23. The average Bonchev–Trinajstić information content (AvgIpc) is 2.98. The van der Waals surface area contributed by atoms with Crippen LogP contribution in [0.15, 0.2) is 6.20 Å². The van der Waals surface area contributed by atoms with Gasteiger partial charge < -0.3 is 10.6 Å². The van der Waals surface area contributed by atoms with E-state index in [-0.39, 0.29) is 24.2 Å². The number of nitrogens with zero attached hydrogens (tertiary/aromatic N) is 2. The van der Waals surface area contributed by atoms with E-state index in [1.807, 2.05) is 14.0 Å². The van der Waals surface area contributed by atoms with E-state index in [4.69, 9.17) is 0 Å². The summed E-state index contributed by atoms with van der Waals surface area (Å²) < 4.78 is 1.78. The van der Waals surface area contributed by atoms with Gasteiger partial charge in [0.05, 0.1) is 17.6 Å². The number of nitrogens with one attached hydrogen (secondary N) is 2. The summed E-state index contributed by atoms with van der Waals surface area (Å²) in [6, 6.07) is 0. The number of amides is 1. The van der Waals surface area contributed by atoms with Crippen LogP contribution in [-0.2, 0) is 11.8 Å². The highest BCUT2D eigenvalue weighted by Crippen LogP contribution is 2.58. The first kappa shape index (κ1) is 14.3. The summed E-state index contributed by atoms with van der Waals surface area (Å²) in [5.74, 6) is 0.382. The zero-order valence-electron chi connectivity index (χ0n) is 11.4. The summed E-state index contributed by atoms with van der Waals surface area (Å²) in [4.78, 5) is 12.2. The first-order chi connectivity index (χ1) is 8.62. The molecule has 1 aliphatic heterocycles. The Morgan fingerprint density at radius 3 is 2.79 bits per heavy atom. The Balaban J connectivity index is 0.00000133. The molecule has 1 amide bonds. The minimum atomic E-state index is 0. The molecule has 1 aromatic heterocycles. The molecule has 1 aromatic rings. The monoisotopic (exact) mass is 284 g/mol. The van der Waals surface area contributed by atoms with Gasteiger partial charge in [0.25, 0.3) is 0 Å².